The van der Waals surface area contributed by atoms with E-state index in [1.807, 2.05) is 18.2 Å². The Hall–Kier alpha value is -2.81. The summed E-state index contributed by atoms with van der Waals surface area (Å²) in [5, 5.41) is 3.31. The Morgan fingerprint density at radius 2 is 1.87 bits per heavy atom. The van der Waals surface area contributed by atoms with Crippen molar-refractivity contribution in [2.75, 3.05) is 13.7 Å². The zero-order chi connectivity index (χ0) is 22.6. The zero-order valence-corrected chi connectivity index (χ0v) is 18.9. The maximum absolute atomic E-state index is 12.0. The van der Waals surface area contributed by atoms with Crippen LogP contribution in [0, 0.1) is 0 Å². The molecule has 0 unspecified atom stereocenters. The highest BCUT2D eigenvalue weighted by Gasteiger charge is 2.06. The molecule has 0 saturated carbocycles. The van der Waals surface area contributed by atoms with Gasteiger partial charge in [0.1, 0.15) is 11.5 Å². The van der Waals surface area contributed by atoms with Crippen LogP contribution in [0.5, 0.6) is 11.5 Å². The van der Waals surface area contributed by atoms with Gasteiger partial charge in [0, 0.05) is 23.1 Å². The molecule has 0 bridgehead atoms. The second kappa shape index (κ2) is 12.8. The molecule has 3 N–H and O–H groups in total. The van der Waals surface area contributed by atoms with E-state index in [9.17, 15) is 9.59 Å². The van der Waals surface area contributed by atoms with E-state index in [0.29, 0.717) is 34.6 Å². The van der Waals surface area contributed by atoms with Crippen LogP contribution < -0.4 is 25.6 Å². The summed E-state index contributed by atoms with van der Waals surface area (Å²) in [5.41, 5.74) is 5.63. The maximum atomic E-state index is 12.0. The normalized spacial score (nSPS) is 10.4. The highest BCUT2D eigenvalue weighted by molar-refractivity contribution is 7.80. The lowest BCUT2D eigenvalue weighted by atomic mass is 10.2. The van der Waals surface area contributed by atoms with Crippen LogP contribution in [-0.2, 0) is 9.59 Å². The minimum Gasteiger partial charge on any atom is -0.496 e. The fourth-order valence-corrected chi connectivity index (χ4v) is 2.97. The first-order valence-corrected chi connectivity index (χ1v) is 10.3. The smallest absolute Gasteiger partial charge is 0.250 e. The number of rotatable bonds is 8. The van der Waals surface area contributed by atoms with Crippen molar-refractivity contribution in [1.29, 1.82) is 0 Å². The monoisotopic (exact) mass is 481 g/mol. The van der Waals surface area contributed by atoms with E-state index in [0.717, 1.165) is 5.56 Å². The summed E-state index contributed by atoms with van der Waals surface area (Å²) in [6.07, 6.45) is 3.55. The first kappa shape index (κ1) is 24.5. The topological polar surface area (TPSA) is 88.7 Å². The molecular weight excluding hydrogens is 461 g/mol. The van der Waals surface area contributed by atoms with Gasteiger partial charge in [0.05, 0.1) is 18.7 Å². The number of carbonyl (C=O) groups excluding carboxylic acids is 2. The zero-order valence-electron chi connectivity index (χ0n) is 16.6. The predicted octanol–water partition coefficient (Wildman–Crippen LogP) is 3.90. The van der Waals surface area contributed by atoms with Crippen LogP contribution in [0.1, 0.15) is 18.4 Å². The van der Waals surface area contributed by atoms with Crippen LogP contribution in [0.3, 0.4) is 0 Å². The van der Waals surface area contributed by atoms with E-state index in [2.05, 4.69) is 16.2 Å². The van der Waals surface area contributed by atoms with Crippen molar-refractivity contribution in [3.8, 4) is 11.5 Å². The molecule has 7 nitrogen and oxygen atoms in total. The molecular formula is C21H21Cl2N3O4S. The number of halogens is 2. The number of carbonyl (C=O) groups is 2. The van der Waals surface area contributed by atoms with Crippen LogP contribution in [0.2, 0.25) is 10.0 Å². The Kier molecular flexibility index (Phi) is 10.1. The first-order valence-electron chi connectivity index (χ1n) is 9.18. The summed E-state index contributed by atoms with van der Waals surface area (Å²) < 4.78 is 10.7. The number of hydrogen-bond acceptors (Lipinski definition) is 5. The molecule has 0 aliphatic heterocycles. The van der Waals surface area contributed by atoms with Crippen LogP contribution >= 0.6 is 35.4 Å². The number of benzene rings is 2. The number of nitrogens with one attached hydrogen (secondary N) is 3. The van der Waals surface area contributed by atoms with Gasteiger partial charge in [-0.3, -0.25) is 25.8 Å². The molecule has 0 radical (unpaired) electrons. The fourth-order valence-electron chi connectivity index (χ4n) is 2.35. The Labute approximate surface area is 195 Å². The highest BCUT2D eigenvalue weighted by Crippen LogP contribution is 2.27. The SMILES string of the molecule is COc1ccccc1/C=C/C(=O)NC(=S)NNC(=O)CCCOc1ccc(Cl)cc1Cl. The standard InChI is InChI=1S/C21H21Cl2N3O4S/c1-29-17-6-3-2-5-14(17)8-11-19(27)24-21(31)26-25-20(28)7-4-12-30-18-10-9-15(22)13-16(18)23/h2-3,5-6,8-11,13H,4,7,12H2,1H3,(H,25,28)(H2,24,26,27,31)/b11-8+. The summed E-state index contributed by atoms with van der Waals surface area (Å²) in [6.45, 7) is 0.295. The van der Waals surface area contributed by atoms with E-state index in [-0.39, 0.29) is 17.4 Å². The Morgan fingerprint density at radius 1 is 1.10 bits per heavy atom. The lowest BCUT2D eigenvalue weighted by Crippen LogP contribution is -2.48. The lowest BCUT2D eigenvalue weighted by molar-refractivity contribution is -0.122. The number of hydrazine groups is 1. The third-order valence-corrected chi connectivity index (χ3v) is 4.54. The lowest BCUT2D eigenvalue weighted by Gasteiger charge is -2.10. The fraction of sp³-hybridized carbons (Fsp3) is 0.190. The van der Waals surface area contributed by atoms with Gasteiger partial charge >= 0.3 is 0 Å². The molecule has 0 atom stereocenters. The van der Waals surface area contributed by atoms with Gasteiger partial charge in [-0.2, -0.15) is 0 Å². The Balaban J connectivity index is 1.65. The molecule has 0 saturated heterocycles. The van der Waals surface area contributed by atoms with Gasteiger partial charge in [-0.05, 0) is 49.0 Å². The van der Waals surface area contributed by atoms with Crippen molar-refractivity contribution in [2.24, 2.45) is 0 Å². The number of amides is 2. The van der Waals surface area contributed by atoms with Crippen LogP contribution in [0.15, 0.2) is 48.5 Å². The molecule has 0 aromatic heterocycles. The van der Waals surface area contributed by atoms with Crippen molar-refractivity contribution in [1.82, 2.24) is 16.2 Å². The van der Waals surface area contributed by atoms with Gasteiger partial charge in [0.15, 0.2) is 5.11 Å². The number of ether oxygens (including phenoxy) is 2. The summed E-state index contributed by atoms with van der Waals surface area (Å²) in [7, 11) is 1.55. The Bertz CT molecular complexity index is 969. The molecule has 31 heavy (non-hydrogen) atoms. The average molecular weight is 482 g/mol. The van der Waals surface area contributed by atoms with E-state index in [4.69, 9.17) is 44.9 Å². The van der Waals surface area contributed by atoms with Gasteiger partial charge in [-0.1, -0.05) is 41.4 Å². The third-order valence-electron chi connectivity index (χ3n) is 3.81. The molecule has 0 heterocycles. The number of hydrogen-bond donors (Lipinski definition) is 3. The van der Waals surface area contributed by atoms with Gasteiger partial charge in [-0.15, -0.1) is 0 Å². The minimum absolute atomic E-state index is 0.0350. The molecule has 0 aliphatic rings. The third kappa shape index (κ3) is 8.84. The average Bonchev–Trinajstić information content (AvgIpc) is 2.75. The van der Waals surface area contributed by atoms with E-state index < -0.39 is 5.91 Å². The van der Waals surface area contributed by atoms with Crippen molar-refractivity contribution >= 4 is 58.4 Å². The molecule has 2 rings (SSSR count). The van der Waals surface area contributed by atoms with E-state index in [1.54, 1.807) is 37.5 Å². The summed E-state index contributed by atoms with van der Waals surface area (Å²) in [6, 6.07) is 12.2. The van der Waals surface area contributed by atoms with Crippen LogP contribution in [0.4, 0.5) is 0 Å². The van der Waals surface area contributed by atoms with Gasteiger partial charge in [-0.25, -0.2) is 0 Å². The Morgan fingerprint density at radius 3 is 2.61 bits per heavy atom. The van der Waals surface area contributed by atoms with Gasteiger partial charge in [0.25, 0.3) is 0 Å². The van der Waals surface area contributed by atoms with E-state index in [1.165, 1.54) is 6.08 Å². The first-order chi connectivity index (χ1) is 14.9. The van der Waals surface area contributed by atoms with E-state index >= 15 is 0 Å². The highest BCUT2D eigenvalue weighted by atomic mass is 35.5. The largest absolute Gasteiger partial charge is 0.496 e. The quantitative estimate of drug-likeness (QED) is 0.229. The molecule has 2 aromatic rings. The summed E-state index contributed by atoms with van der Waals surface area (Å²) in [4.78, 5) is 23.8. The molecule has 0 spiro atoms. The van der Waals surface area contributed by atoms with Crippen LogP contribution in [0.25, 0.3) is 6.08 Å². The molecule has 2 amide bonds. The second-order valence-corrected chi connectivity index (χ2v) is 7.35. The van der Waals surface area contributed by atoms with Gasteiger partial charge in [0.2, 0.25) is 11.8 Å². The maximum Gasteiger partial charge on any atom is 0.250 e. The van der Waals surface area contributed by atoms with Crippen molar-refractivity contribution in [3.05, 3.63) is 64.1 Å². The summed E-state index contributed by atoms with van der Waals surface area (Å²) >= 11 is 16.8. The molecule has 0 fully saturated rings. The molecule has 10 heteroatoms. The van der Waals surface area contributed by atoms with Gasteiger partial charge < -0.3 is 9.47 Å². The van der Waals surface area contributed by atoms with Crippen molar-refractivity contribution < 1.29 is 19.1 Å². The summed E-state index contributed by atoms with van der Waals surface area (Å²) in [5.74, 6) is 0.370. The van der Waals surface area contributed by atoms with Crippen LogP contribution in [-0.4, -0.2) is 30.6 Å². The number of para-hydroxylation sites is 1. The molecule has 0 aliphatic carbocycles. The molecule has 2 aromatic carbocycles. The number of thiocarbonyl (C=S) groups is 1. The minimum atomic E-state index is -0.453. The van der Waals surface area contributed by atoms with Crippen molar-refractivity contribution in [3.63, 3.8) is 0 Å². The second-order valence-electron chi connectivity index (χ2n) is 6.09. The number of methoxy groups -OCH3 is 1. The van der Waals surface area contributed by atoms with Crippen molar-refractivity contribution in [2.45, 2.75) is 12.8 Å². The predicted molar refractivity (Wildman–Crippen MR) is 125 cm³/mol. The molecule has 164 valence electrons.